The molecule has 1 aromatic carbocycles. The van der Waals surface area contributed by atoms with Crippen molar-refractivity contribution >= 4 is 35.1 Å². The van der Waals surface area contributed by atoms with Gasteiger partial charge in [-0.05, 0) is 30.3 Å². The molecule has 0 atom stereocenters. The Bertz CT molecular complexity index is 693. The molecule has 7 heteroatoms. The number of aromatic nitrogens is 1. The fraction of sp³-hybridized carbons (Fsp3) is 0.294. The Morgan fingerprint density at radius 2 is 2.12 bits per heavy atom. The highest BCUT2D eigenvalue weighted by atomic mass is 35.5. The minimum Gasteiger partial charge on any atom is -0.486 e. The van der Waals surface area contributed by atoms with E-state index in [0.717, 1.165) is 30.3 Å². The summed E-state index contributed by atoms with van der Waals surface area (Å²) in [6.07, 6.45) is 1.72. The van der Waals surface area contributed by atoms with E-state index in [9.17, 15) is 4.79 Å². The normalized spacial score (nSPS) is 14.3. The molecule has 0 aliphatic carbocycles. The van der Waals surface area contributed by atoms with Crippen LogP contribution in [0, 0.1) is 0 Å². The number of anilines is 1. The van der Waals surface area contributed by atoms with Crippen LogP contribution < -0.4 is 10.1 Å². The van der Waals surface area contributed by atoms with Gasteiger partial charge in [-0.15, -0.1) is 0 Å². The third-order valence-corrected chi connectivity index (χ3v) is 4.82. The molecule has 1 aliphatic rings. The smallest absolute Gasteiger partial charge is 0.321 e. The predicted molar refractivity (Wildman–Crippen MR) is 97.9 cm³/mol. The van der Waals surface area contributed by atoms with Crippen LogP contribution in [0.3, 0.4) is 0 Å². The molecule has 2 heterocycles. The summed E-state index contributed by atoms with van der Waals surface area (Å²) in [6.45, 7) is 1.89. The van der Waals surface area contributed by atoms with Crippen molar-refractivity contribution < 1.29 is 9.53 Å². The number of pyridine rings is 1. The number of carbonyl (C=O) groups is 1. The van der Waals surface area contributed by atoms with Crippen molar-refractivity contribution in [3.05, 3.63) is 53.3 Å². The van der Waals surface area contributed by atoms with Crippen molar-refractivity contribution in [2.75, 3.05) is 29.9 Å². The lowest BCUT2D eigenvalue weighted by Gasteiger charge is -2.26. The van der Waals surface area contributed by atoms with Crippen LogP contribution in [0.4, 0.5) is 10.5 Å². The minimum absolute atomic E-state index is 0.0893. The zero-order valence-electron chi connectivity index (χ0n) is 13.1. The molecule has 1 aromatic heterocycles. The molecule has 0 spiro atoms. The van der Waals surface area contributed by atoms with Crippen molar-refractivity contribution in [1.29, 1.82) is 0 Å². The Hall–Kier alpha value is -1.92. The SMILES string of the molecule is O=C(Nc1ccc(OCc2ccccn2)c(Cl)c1)N1CCSCC1. The molecule has 0 saturated carbocycles. The minimum atomic E-state index is -0.0893. The quantitative estimate of drug-likeness (QED) is 0.895. The molecule has 0 radical (unpaired) electrons. The summed E-state index contributed by atoms with van der Waals surface area (Å²) in [4.78, 5) is 18.2. The van der Waals surface area contributed by atoms with E-state index < -0.39 is 0 Å². The Morgan fingerprint density at radius 1 is 1.29 bits per heavy atom. The molecular weight excluding hydrogens is 346 g/mol. The first-order chi connectivity index (χ1) is 11.7. The van der Waals surface area contributed by atoms with E-state index >= 15 is 0 Å². The highest BCUT2D eigenvalue weighted by Crippen LogP contribution is 2.28. The largest absolute Gasteiger partial charge is 0.486 e. The molecule has 126 valence electrons. The van der Waals surface area contributed by atoms with Crippen LogP contribution in [-0.4, -0.2) is 40.5 Å². The van der Waals surface area contributed by atoms with E-state index in [-0.39, 0.29) is 6.03 Å². The monoisotopic (exact) mass is 363 g/mol. The van der Waals surface area contributed by atoms with Crippen molar-refractivity contribution in [2.45, 2.75) is 6.61 Å². The zero-order chi connectivity index (χ0) is 16.8. The van der Waals surface area contributed by atoms with Gasteiger partial charge in [0, 0.05) is 36.5 Å². The number of benzene rings is 1. The predicted octanol–water partition coefficient (Wildman–Crippen LogP) is 3.89. The van der Waals surface area contributed by atoms with Gasteiger partial charge >= 0.3 is 6.03 Å². The van der Waals surface area contributed by atoms with Gasteiger partial charge in [0.2, 0.25) is 0 Å². The number of ether oxygens (including phenoxy) is 1. The lowest BCUT2D eigenvalue weighted by atomic mass is 10.3. The molecule has 2 aromatic rings. The van der Waals surface area contributed by atoms with Crippen LogP contribution in [0.25, 0.3) is 0 Å². The maximum Gasteiger partial charge on any atom is 0.321 e. The number of halogens is 1. The number of nitrogens with zero attached hydrogens (tertiary/aromatic N) is 2. The van der Waals surface area contributed by atoms with Gasteiger partial charge in [0.15, 0.2) is 0 Å². The maximum atomic E-state index is 12.2. The highest BCUT2D eigenvalue weighted by Gasteiger charge is 2.17. The Labute approximate surface area is 150 Å². The molecule has 0 bridgehead atoms. The fourth-order valence-corrected chi connectivity index (χ4v) is 3.44. The number of hydrogen-bond donors (Lipinski definition) is 1. The Balaban J connectivity index is 1.58. The summed E-state index contributed by atoms with van der Waals surface area (Å²) in [7, 11) is 0. The number of carbonyl (C=O) groups excluding carboxylic acids is 1. The van der Waals surface area contributed by atoms with Gasteiger partial charge in [-0.2, -0.15) is 11.8 Å². The summed E-state index contributed by atoms with van der Waals surface area (Å²) in [5, 5.41) is 3.34. The lowest BCUT2D eigenvalue weighted by Crippen LogP contribution is -2.40. The average Bonchev–Trinajstić information content (AvgIpc) is 2.62. The summed E-state index contributed by atoms with van der Waals surface area (Å²) >= 11 is 8.12. The number of thioether (sulfide) groups is 1. The topological polar surface area (TPSA) is 54.5 Å². The summed E-state index contributed by atoms with van der Waals surface area (Å²) < 4.78 is 5.68. The van der Waals surface area contributed by atoms with Crippen LogP contribution in [-0.2, 0) is 6.61 Å². The standard InChI is InChI=1S/C17H18ClN3O2S/c18-15-11-13(20-17(22)21-7-9-24-10-8-21)4-5-16(15)23-12-14-3-1-2-6-19-14/h1-6,11H,7-10,12H2,(H,20,22). The van der Waals surface area contributed by atoms with E-state index in [0.29, 0.717) is 23.1 Å². The molecule has 1 aliphatic heterocycles. The molecule has 0 unspecified atom stereocenters. The second-order valence-electron chi connectivity index (χ2n) is 5.28. The highest BCUT2D eigenvalue weighted by molar-refractivity contribution is 7.99. The van der Waals surface area contributed by atoms with Crippen LogP contribution in [0.5, 0.6) is 5.75 Å². The maximum absolute atomic E-state index is 12.2. The van der Waals surface area contributed by atoms with Crippen LogP contribution >= 0.6 is 23.4 Å². The van der Waals surface area contributed by atoms with Crippen molar-refractivity contribution in [2.24, 2.45) is 0 Å². The van der Waals surface area contributed by atoms with Gasteiger partial charge in [-0.1, -0.05) is 17.7 Å². The van der Waals surface area contributed by atoms with Gasteiger partial charge in [-0.3, -0.25) is 4.98 Å². The van der Waals surface area contributed by atoms with Gasteiger partial charge in [0.05, 0.1) is 10.7 Å². The Morgan fingerprint density at radius 3 is 2.83 bits per heavy atom. The van der Waals surface area contributed by atoms with E-state index in [1.165, 1.54) is 0 Å². The third kappa shape index (κ3) is 4.55. The van der Waals surface area contributed by atoms with Crippen LogP contribution in [0.1, 0.15) is 5.69 Å². The van der Waals surface area contributed by atoms with Crippen molar-refractivity contribution in [1.82, 2.24) is 9.88 Å². The summed E-state index contributed by atoms with van der Waals surface area (Å²) in [5.41, 5.74) is 1.49. The third-order valence-electron chi connectivity index (χ3n) is 3.58. The fourth-order valence-electron chi connectivity index (χ4n) is 2.30. The summed E-state index contributed by atoms with van der Waals surface area (Å²) in [6, 6.07) is 10.8. The number of urea groups is 1. The van der Waals surface area contributed by atoms with E-state index in [2.05, 4.69) is 10.3 Å². The van der Waals surface area contributed by atoms with Crippen molar-refractivity contribution in [3.8, 4) is 5.75 Å². The van der Waals surface area contributed by atoms with Gasteiger partial charge in [-0.25, -0.2) is 4.79 Å². The molecule has 3 rings (SSSR count). The molecule has 2 amide bonds. The van der Waals surface area contributed by atoms with E-state index in [1.807, 2.05) is 34.9 Å². The molecule has 1 N–H and O–H groups in total. The number of amides is 2. The number of hydrogen-bond acceptors (Lipinski definition) is 4. The van der Waals surface area contributed by atoms with Gasteiger partial charge in [0.25, 0.3) is 0 Å². The zero-order valence-corrected chi connectivity index (χ0v) is 14.6. The lowest BCUT2D eigenvalue weighted by molar-refractivity contribution is 0.217. The van der Waals surface area contributed by atoms with Crippen LogP contribution in [0.15, 0.2) is 42.6 Å². The Kier molecular flexibility index (Phi) is 5.82. The van der Waals surface area contributed by atoms with Crippen LogP contribution in [0.2, 0.25) is 5.02 Å². The van der Waals surface area contributed by atoms with Gasteiger partial charge in [0.1, 0.15) is 12.4 Å². The number of rotatable bonds is 4. The first-order valence-corrected chi connectivity index (χ1v) is 9.21. The van der Waals surface area contributed by atoms with Gasteiger partial charge < -0.3 is 15.0 Å². The first-order valence-electron chi connectivity index (χ1n) is 7.68. The molecule has 5 nitrogen and oxygen atoms in total. The first kappa shape index (κ1) is 16.9. The molecular formula is C17H18ClN3O2S. The second-order valence-corrected chi connectivity index (χ2v) is 6.92. The van der Waals surface area contributed by atoms with Crippen molar-refractivity contribution in [3.63, 3.8) is 0 Å². The average molecular weight is 364 g/mol. The summed E-state index contributed by atoms with van der Waals surface area (Å²) in [5.74, 6) is 2.53. The molecule has 1 fully saturated rings. The second kappa shape index (κ2) is 8.26. The number of nitrogens with one attached hydrogen (secondary N) is 1. The molecule has 24 heavy (non-hydrogen) atoms. The molecule has 1 saturated heterocycles. The van der Waals surface area contributed by atoms with E-state index in [4.69, 9.17) is 16.3 Å². The van der Waals surface area contributed by atoms with E-state index in [1.54, 1.807) is 24.4 Å².